The minimum Gasteiger partial charge on any atom is -0.399 e. The molecule has 9 heteroatoms. The lowest BCUT2D eigenvalue weighted by molar-refractivity contribution is 0.0997. The van der Waals surface area contributed by atoms with Crippen LogP contribution in [-0.4, -0.2) is 20.7 Å². The highest BCUT2D eigenvalue weighted by atomic mass is 35.5. The lowest BCUT2D eigenvalue weighted by Gasteiger charge is -2.09. The number of H-pyrrole nitrogens is 1. The van der Waals surface area contributed by atoms with E-state index in [1.165, 1.54) is 16.7 Å². The zero-order valence-corrected chi connectivity index (χ0v) is 12.1. The van der Waals surface area contributed by atoms with Gasteiger partial charge in [0.25, 0.3) is 0 Å². The van der Waals surface area contributed by atoms with Crippen molar-refractivity contribution >= 4 is 35.0 Å². The third kappa shape index (κ3) is 2.66. The fourth-order valence-corrected chi connectivity index (χ4v) is 3.02. The van der Waals surface area contributed by atoms with Crippen molar-refractivity contribution in [1.29, 1.82) is 0 Å². The molecule has 0 aliphatic rings. The van der Waals surface area contributed by atoms with E-state index in [0.29, 0.717) is 22.3 Å². The molecule has 106 valence electrons. The van der Waals surface area contributed by atoms with Crippen LogP contribution in [0.4, 0.5) is 5.69 Å². The van der Waals surface area contributed by atoms with E-state index in [0.717, 1.165) is 11.8 Å². The average Bonchev–Trinajstić information content (AvgIpc) is 2.72. The number of primary amides is 1. The van der Waals surface area contributed by atoms with Crippen molar-refractivity contribution in [3.63, 3.8) is 0 Å². The van der Waals surface area contributed by atoms with E-state index in [-0.39, 0.29) is 16.3 Å². The van der Waals surface area contributed by atoms with Crippen LogP contribution in [0.5, 0.6) is 0 Å². The molecule has 0 unspecified atom stereocenters. The van der Waals surface area contributed by atoms with Crippen molar-refractivity contribution in [3.05, 3.63) is 33.2 Å². The maximum atomic E-state index is 11.5. The van der Waals surface area contributed by atoms with Gasteiger partial charge in [0.05, 0.1) is 10.6 Å². The van der Waals surface area contributed by atoms with Gasteiger partial charge in [-0.25, -0.2) is 9.89 Å². The number of nitrogens with one attached hydrogen (secondary N) is 1. The average molecular weight is 314 g/mol. The quantitative estimate of drug-likeness (QED) is 0.729. The maximum absolute atomic E-state index is 11.5. The molecule has 0 saturated carbocycles. The molecule has 5 N–H and O–H groups in total. The number of nitrogens with two attached hydrogens (primary N) is 2. The van der Waals surface area contributed by atoms with E-state index < -0.39 is 5.91 Å². The van der Waals surface area contributed by atoms with Crippen molar-refractivity contribution in [1.82, 2.24) is 14.8 Å². The second-order valence-corrected chi connectivity index (χ2v) is 5.29. The molecule has 20 heavy (non-hydrogen) atoms. The molecule has 7 nitrogen and oxygen atoms in total. The van der Waals surface area contributed by atoms with Crippen molar-refractivity contribution in [2.45, 2.75) is 23.5 Å². The van der Waals surface area contributed by atoms with E-state index in [2.05, 4.69) is 10.2 Å². The largest absolute Gasteiger partial charge is 0.399 e. The summed E-state index contributed by atoms with van der Waals surface area (Å²) in [6, 6.07) is 2.95. The fraction of sp³-hybridized carbons (Fsp3) is 0.182. The molecule has 0 aliphatic carbocycles. The minimum atomic E-state index is -0.650. The van der Waals surface area contributed by atoms with Gasteiger partial charge < -0.3 is 11.5 Å². The first-order chi connectivity index (χ1) is 9.43. The summed E-state index contributed by atoms with van der Waals surface area (Å²) in [5.74, 6) is -0.650. The number of anilines is 1. The van der Waals surface area contributed by atoms with Crippen molar-refractivity contribution in [2.24, 2.45) is 5.73 Å². The first-order valence-electron chi connectivity index (χ1n) is 5.66. The maximum Gasteiger partial charge on any atom is 0.343 e. The van der Waals surface area contributed by atoms with Gasteiger partial charge in [0, 0.05) is 17.1 Å². The van der Waals surface area contributed by atoms with Gasteiger partial charge in [-0.05, 0) is 30.8 Å². The van der Waals surface area contributed by atoms with Crippen LogP contribution >= 0.6 is 23.4 Å². The third-order valence-corrected chi connectivity index (χ3v) is 4.11. The Morgan fingerprint density at radius 1 is 1.55 bits per heavy atom. The Hall–Kier alpha value is -1.93. The smallest absolute Gasteiger partial charge is 0.343 e. The summed E-state index contributed by atoms with van der Waals surface area (Å²) in [4.78, 5) is 23.4. The number of amides is 1. The Bertz CT molecular complexity index is 724. The first kappa shape index (κ1) is 14.5. The van der Waals surface area contributed by atoms with Crippen LogP contribution in [0.25, 0.3) is 0 Å². The predicted molar refractivity (Wildman–Crippen MR) is 77.0 cm³/mol. The molecule has 2 rings (SSSR count). The molecule has 1 amide bonds. The summed E-state index contributed by atoms with van der Waals surface area (Å²) in [6.07, 6.45) is 0. The molecule has 0 saturated heterocycles. The monoisotopic (exact) mass is 313 g/mol. The Morgan fingerprint density at radius 2 is 2.25 bits per heavy atom. The molecule has 0 fully saturated rings. The minimum absolute atomic E-state index is 0.193. The number of nitrogen functional groups attached to an aromatic ring is 1. The SMILES string of the molecule is CCn1c(Sc2c(Cl)cc(N)cc2C(N)=O)n[nH]c1=O. The van der Waals surface area contributed by atoms with Gasteiger partial charge >= 0.3 is 5.69 Å². The van der Waals surface area contributed by atoms with E-state index in [1.807, 2.05) is 0 Å². The van der Waals surface area contributed by atoms with Gasteiger partial charge in [0.2, 0.25) is 5.91 Å². The first-order valence-corrected chi connectivity index (χ1v) is 6.85. The lowest BCUT2D eigenvalue weighted by atomic mass is 10.2. The summed E-state index contributed by atoms with van der Waals surface area (Å²) in [7, 11) is 0. The van der Waals surface area contributed by atoms with Gasteiger partial charge in [0.1, 0.15) is 0 Å². The molecule has 1 aromatic carbocycles. The molecule has 2 aromatic rings. The zero-order chi connectivity index (χ0) is 14.9. The molecular formula is C11H12ClN5O2S. The summed E-state index contributed by atoms with van der Waals surface area (Å²) in [5.41, 5.74) is 11.2. The Labute approximate surface area is 123 Å². The van der Waals surface area contributed by atoms with Crippen molar-refractivity contribution in [2.75, 3.05) is 5.73 Å². The Morgan fingerprint density at radius 3 is 2.85 bits per heavy atom. The number of carbonyl (C=O) groups excluding carboxylic acids is 1. The molecule has 0 radical (unpaired) electrons. The number of halogens is 1. The topological polar surface area (TPSA) is 120 Å². The number of carbonyl (C=O) groups is 1. The van der Waals surface area contributed by atoms with Gasteiger partial charge in [0.15, 0.2) is 5.16 Å². The summed E-state index contributed by atoms with van der Waals surface area (Å²) < 4.78 is 1.42. The third-order valence-electron chi connectivity index (χ3n) is 2.56. The van der Waals surface area contributed by atoms with Crippen LogP contribution in [0.3, 0.4) is 0 Å². The Balaban J connectivity index is 2.53. The Kier molecular flexibility index (Phi) is 4.05. The lowest BCUT2D eigenvalue weighted by Crippen LogP contribution is -2.16. The number of rotatable bonds is 4. The molecular weight excluding hydrogens is 302 g/mol. The van der Waals surface area contributed by atoms with Gasteiger partial charge in [-0.15, -0.1) is 5.10 Å². The highest BCUT2D eigenvalue weighted by Crippen LogP contribution is 2.36. The van der Waals surface area contributed by atoms with Crippen LogP contribution in [-0.2, 0) is 6.54 Å². The number of benzene rings is 1. The van der Waals surface area contributed by atoms with Crippen LogP contribution < -0.4 is 17.2 Å². The molecule has 1 aromatic heterocycles. The van der Waals surface area contributed by atoms with Gasteiger partial charge in [-0.3, -0.25) is 9.36 Å². The van der Waals surface area contributed by atoms with E-state index in [4.69, 9.17) is 23.1 Å². The number of nitrogens with zero attached hydrogens (tertiary/aromatic N) is 2. The summed E-state index contributed by atoms with van der Waals surface area (Å²) in [5, 5.41) is 6.91. The number of aromatic amines is 1. The van der Waals surface area contributed by atoms with Gasteiger partial charge in [-0.1, -0.05) is 11.6 Å². The number of hydrogen-bond acceptors (Lipinski definition) is 5. The molecule has 0 bridgehead atoms. The van der Waals surface area contributed by atoms with E-state index >= 15 is 0 Å². The molecule has 0 spiro atoms. The standard InChI is InChI=1S/C11H12ClN5O2S/c1-2-17-10(19)15-16-11(17)20-8-6(9(14)18)3-5(13)4-7(8)12/h3-4H,2,13H2,1H3,(H2,14,18)(H,15,19). The van der Waals surface area contributed by atoms with E-state index in [9.17, 15) is 9.59 Å². The number of aromatic nitrogens is 3. The second-order valence-electron chi connectivity index (χ2n) is 3.90. The summed E-state index contributed by atoms with van der Waals surface area (Å²) >= 11 is 7.18. The summed E-state index contributed by atoms with van der Waals surface area (Å²) in [6.45, 7) is 2.25. The fourth-order valence-electron chi connectivity index (χ4n) is 1.65. The van der Waals surface area contributed by atoms with Crippen LogP contribution in [0, 0.1) is 0 Å². The molecule has 0 aliphatic heterocycles. The van der Waals surface area contributed by atoms with Crippen molar-refractivity contribution in [3.8, 4) is 0 Å². The van der Waals surface area contributed by atoms with Crippen LogP contribution in [0.15, 0.2) is 27.0 Å². The van der Waals surface area contributed by atoms with Gasteiger partial charge in [-0.2, -0.15) is 0 Å². The normalized spacial score (nSPS) is 10.7. The van der Waals surface area contributed by atoms with Crippen molar-refractivity contribution < 1.29 is 4.79 Å². The highest BCUT2D eigenvalue weighted by Gasteiger charge is 2.18. The predicted octanol–water partition coefficient (Wildman–Crippen LogP) is 1.08. The second kappa shape index (κ2) is 5.59. The molecule has 1 heterocycles. The van der Waals surface area contributed by atoms with Crippen LogP contribution in [0.2, 0.25) is 5.02 Å². The highest BCUT2D eigenvalue weighted by molar-refractivity contribution is 7.99. The number of hydrogen-bond donors (Lipinski definition) is 3. The molecule has 0 atom stereocenters. The van der Waals surface area contributed by atoms with Crippen LogP contribution in [0.1, 0.15) is 17.3 Å². The van der Waals surface area contributed by atoms with E-state index in [1.54, 1.807) is 6.92 Å². The zero-order valence-electron chi connectivity index (χ0n) is 10.5.